The minimum atomic E-state index is 0.305. The number of halogens is 2. The quantitative estimate of drug-likeness (QED) is 0.244. The zero-order chi connectivity index (χ0) is 20.4. The van der Waals surface area contributed by atoms with E-state index in [-0.39, 0.29) is 0 Å². The molecular weight excluding hydrogens is 417 g/mol. The summed E-state index contributed by atoms with van der Waals surface area (Å²) in [5.41, 5.74) is 4.48. The van der Waals surface area contributed by atoms with E-state index in [0.717, 1.165) is 30.5 Å². The topological polar surface area (TPSA) is 54.9 Å². The third-order valence-corrected chi connectivity index (χ3v) is 4.60. The highest BCUT2D eigenvalue weighted by molar-refractivity contribution is 7.80. The molecule has 8 heteroatoms. The number of methoxy groups -OCH3 is 1. The largest absolute Gasteiger partial charge is 0.493 e. The van der Waals surface area contributed by atoms with Gasteiger partial charge in [0.25, 0.3) is 0 Å². The van der Waals surface area contributed by atoms with Gasteiger partial charge in [0.1, 0.15) is 6.61 Å². The van der Waals surface area contributed by atoms with Crippen LogP contribution in [0.25, 0.3) is 0 Å². The molecule has 0 saturated carbocycles. The van der Waals surface area contributed by atoms with Crippen molar-refractivity contribution in [2.24, 2.45) is 5.10 Å². The molecule has 2 aromatic carbocycles. The molecule has 5 nitrogen and oxygen atoms in total. The summed E-state index contributed by atoms with van der Waals surface area (Å²) in [7, 11) is 1.59. The van der Waals surface area contributed by atoms with Gasteiger partial charge in [-0.15, -0.1) is 0 Å². The normalized spacial score (nSPS) is 10.7. The summed E-state index contributed by atoms with van der Waals surface area (Å²) in [4.78, 5) is 0. The van der Waals surface area contributed by atoms with Crippen LogP contribution < -0.4 is 20.2 Å². The summed E-state index contributed by atoms with van der Waals surface area (Å²) in [6.45, 7) is 3.26. The maximum Gasteiger partial charge on any atom is 0.186 e. The van der Waals surface area contributed by atoms with Gasteiger partial charge in [-0.1, -0.05) is 42.6 Å². The summed E-state index contributed by atoms with van der Waals surface area (Å²) in [5.74, 6) is 1.20. The molecule has 2 aromatic rings. The highest BCUT2D eigenvalue weighted by Crippen LogP contribution is 2.29. The molecular formula is C20H23Cl2N3O2S. The van der Waals surface area contributed by atoms with Crippen molar-refractivity contribution in [2.45, 2.75) is 26.4 Å². The lowest BCUT2D eigenvalue weighted by molar-refractivity contribution is 0.284. The fourth-order valence-corrected chi connectivity index (χ4v) is 2.88. The van der Waals surface area contributed by atoms with Gasteiger partial charge in [0.2, 0.25) is 0 Å². The number of thiocarbonyl (C=S) groups is 1. The van der Waals surface area contributed by atoms with Crippen molar-refractivity contribution in [2.75, 3.05) is 13.7 Å². The predicted molar refractivity (Wildman–Crippen MR) is 120 cm³/mol. The van der Waals surface area contributed by atoms with Gasteiger partial charge >= 0.3 is 0 Å². The van der Waals surface area contributed by atoms with Crippen molar-refractivity contribution in [3.8, 4) is 11.5 Å². The van der Waals surface area contributed by atoms with Crippen molar-refractivity contribution in [3.05, 3.63) is 57.6 Å². The molecule has 0 aliphatic carbocycles. The number of hydrogen-bond acceptors (Lipinski definition) is 4. The van der Waals surface area contributed by atoms with E-state index >= 15 is 0 Å². The Hall–Kier alpha value is -2.02. The number of unbranched alkanes of at least 4 members (excludes halogenated alkanes) is 1. The first kappa shape index (κ1) is 22.3. The zero-order valence-corrected chi connectivity index (χ0v) is 18.1. The first-order chi connectivity index (χ1) is 13.5. The standard InChI is InChI=1S/C20H23Cl2N3O2S/c1-3-4-9-23-20(28)25-24-12-14-5-8-18(19(10-14)26-2)27-13-15-6-7-16(21)11-17(15)22/h5-8,10-12H,3-4,9,13H2,1-2H3,(H2,23,25,28). The van der Waals surface area contributed by atoms with Crippen LogP contribution in [0.3, 0.4) is 0 Å². The highest BCUT2D eigenvalue weighted by Gasteiger charge is 2.08. The first-order valence-corrected chi connectivity index (χ1v) is 10.0. The first-order valence-electron chi connectivity index (χ1n) is 8.85. The lowest BCUT2D eigenvalue weighted by Crippen LogP contribution is -2.32. The van der Waals surface area contributed by atoms with Crippen molar-refractivity contribution in [1.82, 2.24) is 10.7 Å². The van der Waals surface area contributed by atoms with E-state index in [9.17, 15) is 0 Å². The zero-order valence-electron chi connectivity index (χ0n) is 15.8. The maximum atomic E-state index is 6.18. The van der Waals surface area contributed by atoms with Gasteiger partial charge in [-0.25, -0.2) is 0 Å². The van der Waals surface area contributed by atoms with Gasteiger partial charge in [-0.05, 0) is 54.5 Å². The van der Waals surface area contributed by atoms with E-state index in [4.69, 9.17) is 44.9 Å². The molecule has 0 saturated heterocycles. The lowest BCUT2D eigenvalue weighted by Gasteiger charge is -2.12. The summed E-state index contributed by atoms with van der Waals surface area (Å²) < 4.78 is 11.3. The fourth-order valence-electron chi connectivity index (χ4n) is 2.26. The number of ether oxygens (including phenoxy) is 2. The Morgan fingerprint density at radius 3 is 2.71 bits per heavy atom. The van der Waals surface area contributed by atoms with E-state index in [1.165, 1.54) is 0 Å². The van der Waals surface area contributed by atoms with Crippen LogP contribution in [0.1, 0.15) is 30.9 Å². The molecule has 0 atom stereocenters. The molecule has 0 bridgehead atoms. The van der Waals surface area contributed by atoms with Gasteiger partial charge in [-0.3, -0.25) is 5.43 Å². The van der Waals surface area contributed by atoms with Crippen LogP contribution in [0.2, 0.25) is 10.0 Å². The third-order valence-electron chi connectivity index (χ3n) is 3.78. The second kappa shape index (κ2) is 11.7. The number of hydrazone groups is 1. The molecule has 0 heterocycles. The van der Waals surface area contributed by atoms with Crippen LogP contribution in [0.5, 0.6) is 11.5 Å². The molecule has 0 aromatic heterocycles. The van der Waals surface area contributed by atoms with Crippen LogP contribution in [0.4, 0.5) is 0 Å². The number of nitrogens with one attached hydrogen (secondary N) is 2. The fraction of sp³-hybridized carbons (Fsp3) is 0.300. The molecule has 0 aliphatic rings. The van der Waals surface area contributed by atoms with Crippen molar-refractivity contribution >= 4 is 46.7 Å². The molecule has 0 spiro atoms. The Kier molecular flexibility index (Phi) is 9.34. The van der Waals surface area contributed by atoms with Crippen molar-refractivity contribution in [1.29, 1.82) is 0 Å². The second-order valence-electron chi connectivity index (χ2n) is 5.91. The van der Waals surface area contributed by atoms with Gasteiger partial charge in [0.15, 0.2) is 16.6 Å². The van der Waals surface area contributed by atoms with Crippen LogP contribution in [0, 0.1) is 0 Å². The Morgan fingerprint density at radius 1 is 1.18 bits per heavy atom. The van der Waals surface area contributed by atoms with Crippen LogP contribution in [-0.2, 0) is 6.61 Å². The van der Waals surface area contributed by atoms with E-state index < -0.39 is 0 Å². The number of benzene rings is 2. The molecule has 0 fully saturated rings. The molecule has 0 radical (unpaired) electrons. The Labute approximate surface area is 181 Å². The van der Waals surface area contributed by atoms with Gasteiger partial charge < -0.3 is 14.8 Å². The van der Waals surface area contributed by atoms with E-state index in [2.05, 4.69) is 22.8 Å². The molecule has 2 rings (SSSR count). The number of rotatable bonds is 9. The summed E-state index contributed by atoms with van der Waals surface area (Å²) in [5, 5.41) is 8.86. The minimum Gasteiger partial charge on any atom is -0.493 e. The monoisotopic (exact) mass is 439 g/mol. The molecule has 0 aliphatic heterocycles. The predicted octanol–water partition coefficient (Wildman–Crippen LogP) is 5.18. The van der Waals surface area contributed by atoms with Crippen LogP contribution in [0.15, 0.2) is 41.5 Å². The lowest BCUT2D eigenvalue weighted by atomic mass is 10.2. The average molecular weight is 440 g/mol. The van der Waals surface area contributed by atoms with E-state index in [1.54, 1.807) is 25.5 Å². The van der Waals surface area contributed by atoms with Gasteiger partial charge in [0, 0.05) is 22.2 Å². The average Bonchev–Trinajstić information content (AvgIpc) is 2.68. The van der Waals surface area contributed by atoms with Crippen LogP contribution >= 0.6 is 35.4 Å². The summed E-state index contributed by atoms with van der Waals surface area (Å²) >= 11 is 17.3. The third kappa shape index (κ3) is 7.19. The van der Waals surface area contributed by atoms with Gasteiger partial charge in [0.05, 0.1) is 13.3 Å². The van der Waals surface area contributed by atoms with E-state index in [0.29, 0.717) is 33.3 Å². The van der Waals surface area contributed by atoms with Crippen molar-refractivity contribution in [3.63, 3.8) is 0 Å². The molecule has 0 amide bonds. The van der Waals surface area contributed by atoms with Gasteiger partial charge in [-0.2, -0.15) is 5.10 Å². The minimum absolute atomic E-state index is 0.305. The summed E-state index contributed by atoms with van der Waals surface area (Å²) in [6.07, 6.45) is 3.83. The van der Waals surface area contributed by atoms with Crippen molar-refractivity contribution < 1.29 is 9.47 Å². The summed E-state index contributed by atoms with van der Waals surface area (Å²) in [6, 6.07) is 10.8. The molecule has 0 unspecified atom stereocenters. The number of nitrogens with zero attached hydrogens (tertiary/aromatic N) is 1. The maximum absolute atomic E-state index is 6.18. The number of hydrogen-bond donors (Lipinski definition) is 2. The Balaban J connectivity index is 1.95. The van der Waals surface area contributed by atoms with E-state index in [1.807, 2.05) is 24.3 Å². The smallest absolute Gasteiger partial charge is 0.186 e. The molecule has 28 heavy (non-hydrogen) atoms. The second-order valence-corrected chi connectivity index (χ2v) is 7.17. The Morgan fingerprint density at radius 2 is 2.00 bits per heavy atom. The molecule has 2 N–H and O–H groups in total. The molecule has 150 valence electrons. The van der Waals surface area contributed by atoms with Crippen LogP contribution in [-0.4, -0.2) is 25.0 Å². The highest BCUT2D eigenvalue weighted by atomic mass is 35.5. The Bertz CT molecular complexity index is 831. The SMILES string of the molecule is CCCCNC(=S)NN=Cc1ccc(OCc2ccc(Cl)cc2Cl)c(OC)c1.